The van der Waals surface area contributed by atoms with Gasteiger partial charge in [0, 0.05) is 6.20 Å². The maximum absolute atomic E-state index is 5.43. The standard InChI is InChI=1S/C9H13N3/c10-12-8-5-1-3-7-4-2-6-11-9(7)8/h2,4,6,8,12H,1,3,5,10H2/t8-/m1/s1. The van der Waals surface area contributed by atoms with E-state index in [4.69, 9.17) is 5.84 Å². The first-order chi connectivity index (χ1) is 5.92. The number of hydrogen-bond donors (Lipinski definition) is 2. The number of nitrogens with two attached hydrogens (primary N) is 1. The van der Waals surface area contributed by atoms with E-state index in [9.17, 15) is 0 Å². The fourth-order valence-corrected chi connectivity index (χ4v) is 1.77. The maximum Gasteiger partial charge on any atom is 0.0635 e. The van der Waals surface area contributed by atoms with Gasteiger partial charge in [-0.1, -0.05) is 6.07 Å². The van der Waals surface area contributed by atoms with Crippen LogP contribution in [0.3, 0.4) is 0 Å². The number of hydrazine groups is 1. The SMILES string of the molecule is NN[C@@H]1CCCc2cccnc21. The Balaban J connectivity index is 2.37. The Bertz CT molecular complexity index is 272. The van der Waals surface area contributed by atoms with Crippen molar-refractivity contribution in [2.24, 2.45) is 5.84 Å². The third-order valence-corrected chi connectivity index (χ3v) is 2.40. The second kappa shape index (κ2) is 3.21. The van der Waals surface area contributed by atoms with Gasteiger partial charge in [-0.15, -0.1) is 0 Å². The van der Waals surface area contributed by atoms with Crippen molar-refractivity contribution >= 4 is 0 Å². The van der Waals surface area contributed by atoms with Gasteiger partial charge in [-0.25, -0.2) is 0 Å². The molecule has 1 heterocycles. The number of fused-ring (bicyclic) bond motifs is 1. The molecule has 0 fully saturated rings. The summed E-state index contributed by atoms with van der Waals surface area (Å²) in [4.78, 5) is 4.33. The van der Waals surface area contributed by atoms with Crippen LogP contribution in [-0.2, 0) is 6.42 Å². The predicted molar refractivity (Wildman–Crippen MR) is 47.2 cm³/mol. The van der Waals surface area contributed by atoms with E-state index in [0.29, 0.717) is 0 Å². The lowest BCUT2D eigenvalue weighted by molar-refractivity contribution is 0.459. The summed E-state index contributed by atoms with van der Waals surface area (Å²) in [6.07, 6.45) is 5.27. The van der Waals surface area contributed by atoms with Gasteiger partial charge in [-0.05, 0) is 30.9 Å². The first-order valence-electron chi connectivity index (χ1n) is 4.31. The zero-order valence-corrected chi connectivity index (χ0v) is 6.96. The van der Waals surface area contributed by atoms with Crippen LogP contribution in [-0.4, -0.2) is 4.98 Å². The topological polar surface area (TPSA) is 50.9 Å². The summed E-state index contributed by atoms with van der Waals surface area (Å²) in [6.45, 7) is 0. The second-order valence-electron chi connectivity index (χ2n) is 3.16. The first-order valence-corrected chi connectivity index (χ1v) is 4.31. The van der Waals surface area contributed by atoms with Crippen molar-refractivity contribution in [3.8, 4) is 0 Å². The Labute approximate surface area is 72.0 Å². The van der Waals surface area contributed by atoms with Gasteiger partial charge >= 0.3 is 0 Å². The zero-order chi connectivity index (χ0) is 8.39. The molecule has 2 rings (SSSR count). The molecular weight excluding hydrogens is 150 g/mol. The van der Waals surface area contributed by atoms with Gasteiger partial charge in [-0.3, -0.25) is 16.3 Å². The lowest BCUT2D eigenvalue weighted by atomic mass is 9.92. The number of nitrogens with one attached hydrogen (secondary N) is 1. The van der Waals surface area contributed by atoms with Gasteiger partial charge in [0.2, 0.25) is 0 Å². The third kappa shape index (κ3) is 1.21. The van der Waals surface area contributed by atoms with Gasteiger partial charge in [0.05, 0.1) is 11.7 Å². The van der Waals surface area contributed by atoms with E-state index in [1.807, 2.05) is 12.3 Å². The third-order valence-electron chi connectivity index (χ3n) is 2.40. The monoisotopic (exact) mass is 163 g/mol. The highest BCUT2D eigenvalue weighted by atomic mass is 15.2. The molecule has 64 valence electrons. The molecule has 3 nitrogen and oxygen atoms in total. The molecular formula is C9H13N3. The van der Waals surface area contributed by atoms with Gasteiger partial charge in [0.15, 0.2) is 0 Å². The Hall–Kier alpha value is -0.930. The minimum absolute atomic E-state index is 0.259. The summed E-state index contributed by atoms with van der Waals surface area (Å²) < 4.78 is 0. The summed E-state index contributed by atoms with van der Waals surface area (Å²) >= 11 is 0. The van der Waals surface area contributed by atoms with Crippen LogP contribution in [0.25, 0.3) is 0 Å². The minimum atomic E-state index is 0.259. The summed E-state index contributed by atoms with van der Waals surface area (Å²) in [6, 6.07) is 4.37. The summed E-state index contributed by atoms with van der Waals surface area (Å²) in [7, 11) is 0. The highest BCUT2D eigenvalue weighted by Crippen LogP contribution is 2.26. The Kier molecular flexibility index (Phi) is 2.06. The largest absolute Gasteiger partial charge is 0.271 e. The minimum Gasteiger partial charge on any atom is -0.271 e. The Morgan fingerprint density at radius 1 is 1.58 bits per heavy atom. The quantitative estimate of drug-likeness (QED) is 0.478. The van der Waals surface area contributed by atoms with Crippen LogP contribution in [0.2, 0.25) is 0 Å². The number of aromatic nitrogens is 1. The molecule has 1 atom stereocenters. The molecule has 0 aliphatic heterocycles. The van der Waals surface area contributed by atoms with Crippen LogP contribution in [0.1, 0.15) is 30.1 Å². The van der Waals surface area contributed by atoms with Gasteiger partial charge < -0.3 is 0 Å². The molecule has 0 unspecified atom stereocenters. The van der Waals surface area contributed by atoms with E-state index in [-0.39, 0.29) is 6.04 Å². The van der Waals surface area contributed by atoms with Crippen molar-refractivity contribution in [1.29, 1.82) is 0 Å². The van der Waals surface area contributed by atoms with Crippen molar-refractivity contribution in [2.45, 2.75) is 25.3 Å². The molecule has 0 saturated carbocycles. The van der Waals surface area contributed by atoms with Crippen LogP contribution >= 0.6 is 0 Å². The van der Waals surface area contributed by atoms with Crippen molar-refractivity contribution in [1.82, 2.24) is 10.4 Å². The average Bonchev–Trinajstić information content (AvgIpc) is 2.17. The lowest BCUT2D eigenvalue weighted by Crippen LogP contribution is -2.31. The number of rotatable bonds is 1. The van der Waals surface area contributed by atoms with Crippen LogP contribution < -0.4 is 11.3 Å². The van der Waals surface area contributed by atoms with Crippen LogP contribution in [0.15, 0.2) is 18.3 Å². The van der Waals surface area contributed by atoms with E-state index in [0.717, 1.165) is 18.5 Å². The molecule has 0 spiro atoms. The van der Waals surface area contributed by atoms with Crippen molar-refractivity contribution in [3.63, 3.8) is 0 Å². The average molecular weight is 163 g/mol. The van der Waals surface area contributed by atoms with E-state index in [1.54, 1.807) is 0 Å². The molecule has 0 saturated heterocycles. The van der Waals surface area contributed by atoms with Gasteiger partial charge in [0.1, 0.15) is 0 Å². The molecule has 1 aliphatic rings. The van der Waals surface area contributed by atoms with Crippen molar-refractivity contribution in [2.75, 3.05) is 0 Å². The zero-order valence-electron chi connectivity index (χ0n) is 6.96. The second-order valence-corrected chi connectivity index (χ2v) is 3.16. The number of pyridine rings is 1. The molecule has 0 aromatic carbocycles. The predicted octanol–water partition coefficient (Wildman–Crippen LogP) is 0.922. The highest BCUT2D eigenvalue weighted by Gasteiger charge is 2.19. The first kappa shape index (κ1) is 7.71. The van der Waals surface area contributed by atoms with E-state index < -0.39 is 0 Å². The summed E-state index contributed by atoms with van der Waals surface area (Å²) in [5.74, 6) is 5.43. The molecule has 1 aliphatic carbocycles. The maximum atomic E-state index is 5.43. The Morgan fingerprint density at radius 2 is 2.50 bits per heavy atom. The van der Waals surface area contributed by atoms with E-state index in [1.165, 1.54) is 12.0 Å². The van der Waals surface area contributed by atoms with Gasteiger partial charge in [0.25, 0.3) is 0 Å². The fraction of sp³-hybridized carbons (Fsp3) is 0.444. The molecule has 0 radical (unpaired) electrons. The number of hydrogen-bond acceptors (Lipinski definition) is 3. The summed E-state index contributed by atoms with van der Waals surface area (Å²) in [5.41, 5.74) is 5.27. The van der Waals surface area contributed by atoms with Crippen LogP contribution in [0, 0.1) is 0 Å². The molecule has 0 amide bonds. The fourth-order valence-electron chi connectivity index (χ4n) is 1.77. The molecule has 1 aromatic heterocycles. The van der Waals surface area contributed by atoms with E-state index in [2.05, 4.69) is 16.5 Å². The normalized spacial score (nSPS) is 21.9. The molecule has 0 bridgehead atoms. The summed E-state index contributed by atoms with van der Waals surface area (Å²) in [5, 5.41) is 0. The van der Waals surface area contributed by atoms with E-state index >= 15 is 0 Å². The molecule has 3 heteroatoms. The Morgan fingerprint density at radius 3 is 3.33 bits per heavy atom. The smallest absolute Gasteiger partial charge is 0.0635 e. The van der Waals surface area contributed by atoms with Gasteiger partial charge in [-0.2, -0.15) is 0 Å². The number of nitrogens with zero attached hydrogens (tertiary/aromatic N) is 1. The molecule has 3 N–H and O–H groups in total. The molecule has 12 heavy (non-hydrogen) atoms. The number of aryl methyl sites for hydroxylation is 1. The van der Waals surface area contributed by atoms with Crippen LogP contribution in [0.4, 0.5) is 0 Å². The van der Waals surface area contributed by atoms with Crippen molar-refractivity contribution in [3.05, 3.63) is 29.6 Å². The lowest BCUT2D eigenvalue weighted by Gasteiger charge is -2.22. The molecule has 1 aromatic rings. The van der Waals surface area contributed by atoms with Crippen molar-refractivity contribution < 1.29 is 0 Å². The highest BCUT2D eigenvalue weighted by molar-refractivity contribution is 5.25. The van der Waals surface area contributed by atoms with Crippen LogP contribution in [0.5, 0.6) is 0 Å².